The quantitative estimate of drug-likeness (QED) is 0.776. The molecule has 1 unspecified atom stereocenters. The van der Waals surface area contributed by atoms with Crippen molar-refractivity contribution >= 4 is 11.6 Å². The van der Waals surface area contributed by atoms with Crippen molar-refractivity contribution in [2.75, 3.05) is 38.0 Å². The molecule has 2 aromatic rings. The maximum atomic E-state index is 13.2. The van der Waals surface area contributed by atoms with Gasteiger partial charge < -0.3 is 10.2 Å². The van der Waals surface area contributed by atoms with Gasteiger partial charge in [0.05, 0.1) is 23.5 Å². The first kappa shape index (κ1) is 20.8. The van der Waals surface area contributed by atoms with Gasteiger partial charge >= 0.3 is 6.18 Å². The lowest BCUT2D eigenvalue weighted by Gasteiger charge is -2.28. The van der Waals surface area contributed by atoms with Gasteiger partial charge in [0, 0.05) is 12.6 Å². The van der Waals surface area contributed by atoms with Crippen LogP contribution in [0, 0.1) is 0 Å². The Morgan fingerprint density at radius 3 is 2.67 bits per heavy atom. The average molecular weight is 422 g/mol. The van der Waals surface area contributed by atoms with Crippen LogP contribution in [0.1, 0.15) is 31.2 Å². The second-order valence-electron chi connectivity index (χ2n) is 7.89. The Bertz CT molecular complexity index is 864. The van der Waals surface area contributed by atoms with E-state index in [0.717, 1.165) is 51.2 Å². The van der Waals surface area contributed by atoms with Crippen molar-refractivity contribution in [3.05, 3.63) is 36.4 Å². The molecule has 7 nitrogen and oxygen atoms in total. The van der Waals surface area contributed by atoms with Gasteiger partial charge in [-0.2, -0.15) is 18.3 Å². The van der Waals surface area contributed by atoms with Crippen LogP contribution in [0.5, 0.6) is 0 Å². The van der Waals surface area contributed by atoms with Crippen molar-refractivity contribution in [3.63, 3.8) is 0 Å². The number of nitrogens with zero attached hydrogens (tertiary/aromatic N) is 5. The van der Waals surface area contributed by atoms with E-state index in [0.29, 0.717) is 11.7 Å². The second kappa shape index (κ2) is 8.73. The van der Waals surface area contributed by atoms with Crippen LogP contribution in [0.25, 0.3) is 5.69 Å². The van der Waals surface area contributed by atoms with Crippen LogP contribution >= 0.6 is 0 Å². The van der Waals surface area contributed by atoms with Crippen LogP contribution in [0.2, 0.25) is 0 Å². The number of hydrogen-bond acceptors (Lipinski definition) is 5. The van der Waals surface area contributed by atoms with Crippen molar-refractivity contribution in [3.8, 4) is 5.69 Å². The van der Waals surface area contributed by atoms with Crippen molar-refractivity contribution < 1.29 is 18.0 Å². The Morgan fingerprint density at radius 1 is 1.17 bits per heavy atom. The van der Waals surface area contributed by atoms with Crippen molar-refractivity contribution in [1.29, 1.82) is 0 Å². The number of rotatable bonds is 6. The summed E-state index contributed by atoms with van der Waals surface area (Å²) in [4.78, 5) is 21.1. The van der Waals surface area contributed by atoms with Crippen LogP contribution in [0.3, 0.4) is 0 Å². The predicted molar refractivity (Wildman–Crippen MR) is 105 cm³/mol. The highest BCUT2D eigenvalue weighted by Crippen LogP contribution is 2.33. The predicted octanol–water partition coefficient (Wildman–Crippen LogP) is 2.78. The molecule has 2 aliphatic rings. The summed E-state index contributed by atoms with van der Waals surface area (Å²) >= 11 is 0. The number of halogens is 3. The maximum Gasteiger partial charge on any atom is 0.416 e. The van der Waals surface area contributed by atoms with Crippen LogP contribution < -0.4 is 5.32 Å². The third-order valence-corrected chi connectivity index (χ3v) is 5.78. The van der Waals surface area contributed by atoms with Gasteiger partial charge in [0.1, 0.15) is 12.7 Å². The molecule has 30 heavy (non-hydrogen) atoms. The zero-order chi connectivity index (χ0) is 21.1. The Balaban J connectivity index is 1.47. The highest BCUT2D eigenvalue weighted by molar-refractivity contribution is 5.94. The molecular formula is C20H25F3N6O. The maximum absolute atomic E-state index is 13.2. The van der Waals surface area contributed by atoms with E-state index in [-0.39, 0.29) is 18.1 Å². The molecule has 1 N–H and O–H groups in total. The first-order valence-electron chi connectivity index (χ1n) is 10.2. The van der Waals surface area contributed by atoms with E-state index in [4.69, 9.17) is 0 Å². The monoisotopic (exact) mass is 422 g/mol. The zero-order valence-corrected chi connectivity index (χ0v) is 16.6. The van der Waals surface area contributed by atoms with Crippen molar-refractivity contribution in [2.45, 2.75) is 37.9 Å². The van der Waals surface area contributed by atoms with Gasteiger partial charge in [-0.1, -0.05) is 0 Å². The molecule has 162 valence electrons. The van der Waals surface area contributed by atoms with Gasteiger partial charge in [-0.25, -0.2) is 9.67 Å². The number of carbonyl (C=O) groups excluding carboxylic acids is 1. The Kier molecular flexibility index (Phi) is 6.05. The fourth-order valence-corrected chi connectivity index (χ4v) is 4.29. The molecule has 10 heteroatoms. The fraction of sp³-hybridized carbons (Fsp3) is 0.550. The fourth-order valence-electron chi connectivity index (χ4n) is 4.29. The molecule has 1 aromatic heterocycles. The summed E-state index contributed by atoms with van der Waals surface area (Å²) < 4.78 is 40.9. The molecule has 3 heterocycles. The number of carbonyl (C=O) groups is 1. The third-order valence-electron chi connectivity index (χ3n) is 5.78. The molecular weight excluding hydrogens is 397 g/mol. The molecule has 0 radical (unpaired) electrons. The number of aromatic nitrogens is 3. The Hall–Kier alpha value is -2.46. The molecule has 0 saturated carbocycles. The Labute approximate surface area is 172 Å². The smallest absolute Gasteiger partial charge is 0.323 e. The molecule has 2 aliphatic heterocycles. The van der Waals surface area contributed by atoms with E-state index < -0.39 is 11.7 Å². The molecule has 1 amide bonds. The standard InChI is InChI=1S/C20H25F3N6O/c21-20(22,23)15-5-6-18(29-14-24-13-25-29)17(10-15)26-19(30)12-28-9-3-4-16(28)11-27-7-1-2-8-27/h5-6,10,13-14,16H,1-4,7-9,11-12H2,(H,26,30). The first-order valence-corrected chi connectivity index (χ1v) is 10.2. The van der Waals surface area contributed by atoms with Gasteiger partial charge in [-0.05, 0) is 63.5 Å². The topological polar surface area (TPSA) is 66.3 Å². The van der Waals surface area contributed by atoms with Crippen LogP contribution in [-0.4, -0.2) is 69.2 Å². The molecule has 2 fully saturated rings. The highest BCUT2D eigenvalue weighted by Gasteiger charge is 2.32. The zero-order valence-electron chi connectivity index (χ0n) is 16.6. The number of amides is 1. The van der Waals surface area contributed by atoms with E-state index >= 15 is 0 Å². The Morgan fingerprint density at radius 2 is 1.97 bits per heavy atom. The molecule has 1 aromatic carbocycles. The van der Waals surface area contributed by atoms with Crippen molar-refractivity contribution in [2.24, 2.45) is 0 Å². The minimum absolute atomic E-state index is 0.0654. The number of nitrogens with one attached hydrogen (secondary N) is 1. The van der Waals surface area contributed by atoms with Crippen LogP contribution in [0.15, 0.2) is 30.9 Å². The van der Waals surface area contributed by atoms with E-state index in [1.807, 2.05) is 0 Å². The van der Waals surface area contributed by atoms with Crippen molar-refractivity contribution in [1.82, 2.24) is 24.6 Å². The van der Waals surface area contributed by atoms with E-state index in [1.165, 1.54) is 36.2 Å². The number of benzene rings is 1. The molecule has 0 aliphatic carbocycles. The molecule has 2 saturated heterocycles. The van der Waals surface area contributed by atoms with Crippen LogP contribution in [0.4, 0.5) is 18.9 Å². The lowest BCUT2D eigenvalue weighted by atomic mass is 10.1. The molecule has 0 spiro atoms. The summed E-state index contributed by atoms with van der Waals surface area (Å²) in [6.07, 6.45) is 2.66. The van der Waals surface area contributed by atoms with Crippen LogP contribution in [-0.2, 0) is 11.0 Å². The molecule has 0 bridgehead atoms. The molecule has 1 atom stereocenters. The number of likely N-dealkylation sites (tertiary alicyclic amines) is 2. The average Bonchev–Trinajstić information content (AvgIpc) is 3.45. The number of alkyl halides is 3. The van der Waals surface area contributed by atoms with E-state index in [1.54, 1.807) is 0 Å². The summed E-state index contributed by atoms with van der Waals surface area (Å²) in [6.45, 7) is 4.13. The minimum atomic E-state index is -4.50. The lowest BCUT2D eigenvalue weighted by Crippen LogP contribution is -2.42. The third kappa shape index (κ3) is 4.81. The van der Waals surface area contributed by atoms with Gasteiger partial charge in [0.2, 0.25) is 5.91 Å². The summed E-state index contributed by atoms with van der Waals surface area (Å²) in [6, 6.07) is 3.52. The molecule has 4 rings (SSSR count). The van der Waals surface area contributed by atoms with Gasteiger partial charge in [0.15, 0.2) is 0 Å². The first-order chi connectivity index (χ1) is 14.4. The van der Waals surface area contributed by atoms with E-state index in [2.05, 4.69) is 25.2 Å². The highest BCUT2D eigenvalue weighted by atomic mass is 19.4. The summed E-state index contributed by atoms with van der Waals surface area (Å²) in [5, 5.41) is 6.65. The van der Waals surface area contributed by atoms with Gasteiger partial charge in [-0.15, -0.1) is 0 Å². The SMILES string of the molecule is O=C(CN1CCCC1CN1CCCC1)Nc1cc(C(F)(F)F)ccc1-n1cncn1. The summed E-state index contributed by atoms with van der Waals surface area (Å²) in [5.74, 6) is -0.330. The lowest BCUT2D eigenvalue weighted by molar-refractivity contribution is -0.137. The number of hydrogen-bond donors (Lipinski definition) is 1. The largest absolute Gasteiger partial charge is 0.416 e. The van der Waals surface area contributed by atoms with Gasteiger partial charge in [0.25, 0.3) is 0 Å². The second-order valence-corrected chi connectivity index (χ2v) is 7.89. The summed E-state index contributed by atoms with van der Waals surface area (Å²) in [7, 11) is 0. The minimum Gasteiger partial charge on any atom is -0.323 e. The normalized spacial score (nSPS) is 20.7. The summed E-state index contributed by atoms with van der Waals surface area (Å²) in [5.41, 5.74) is -0.422. The van der Waals surface area contributed by atoms with Gasteiger partial charge in [-0.3, -0.25) is 9.69 Å². The van der Waals surface area contributed by atoms with E-state index in [9.17, 15) is 18.0 Å². The number of anilines is 1.